The zero-order valence-electron chi connectivity index (χ0n) is 10.2. The van der Waals surface area contributed by atoms with E-state index in [4.69, 9.17) is 4.74 Å². The van der Waals surface area contributed by atoms with Gasteiger partial charge in [-0.05, 0) is 17.5 Å². The van der Waals surface area contributed by atoms with E-state index in [0.29, 0.717) is 0 Å². The first-order valence-electron chi connectivity index (χ1n) is 5.30. The second-order valence-electron chi connectivity index (χ2n) is 3.58. The van der Waals surface area contributed by atoms with Crippen molar-refractivity contribution >= 4 is 23.0 Å². The van der Waals surface area contributed by atoms with E-state index in [1.807, 2.05) is 0 Å². The molecule has 8 heteroatoms. The van der Waals surface area contributed by atoms with Gasteiger partial charge in [0.2, 0.25) is 0 Å². The maximum atomic E-state index is 13.7. The maximum absolute atomic E-state index is 13.7. The number of rotatable bonds is 4. The second-order valence-corrected chi connectivity index (χ2v) is 4.50. The van der Waals surface area contributed by atoms with E-state index in [0.717, 1.165) is 29.5 Å². The number of nitrogens with zero attached hydrogens (tertiary/aromatic N) is 1. The number of ether oxygens (including phenoxy) is 2. The van der Waals surface area contributed by atoms with Gasteiger partial charge >= 0.3 is 5.97 Å². The highest BCUT2D eigenvalue weighted by atomic mass is 32.1. The summed E-state index contributed by atoms with van der Waals surface area (Å²) >= 11 is 1.09. The second kappa shape index (κ2) is 5.66. The van der Waals surface area contributed by atoms with E-state index in [2.05, 4.69) is 4.74 Å². The number of esters is 1. The van der Waals surface area contributed by atoms with Gasteiger partial charge in [-0.3, -0.25) is 10.1 Å². The van der Waals surface area contributed by atoms with Gasteiger partial charge in [0.1, 0.15) is 0 Å². The van der Waals surface area contributed by atoms with E-state index >= 15 is 0 Å². The van der Waals surface area contributed by atoms with E-state index in [-0.39, 0.29) is 22.1 Å². The van der Waals surface area contributed by atoms with Crippen molar-refractivity contribution in [3.05, 3.63) is 50.5 Å². The van der Waals surface area contributed by atoms with Crippen LogP contribution in [0.25, 0.3) is 0 Å². The Hall–Kier alpha value is -2.48. The van der Waals surface area contributed by atoms with Gasteiger partial charge in [0.15, 0.2) is 22.2 Å². The van der Waals surface area contributed by atoms with Crippen molar-refractivity contribution in [1.29, 1.82) is 0 Å². The van der Waals surface area contributed by atoms with Crippen LogP contribution in [0.15, 0.2) is 29.6 Å². The van der Waals surface area contributed by atoms with Crippen molar-refractivity contribution in [2.75, 3.05) is 7.11 Å². The van der Waals surface area contributed by atoms with Crippen molar-refractivity contribution in [3.63, 3.8) is 0 Å². The minimum Gasteiger partial charge on any atom is -0.465 e. The number of carbonyl (C=O) groups is 1. The maximum Gasteiger partial charge on any atom is 0.351 e. The first-order chi connectivity index (χ1) is 9.52. The van der Waals surface area contributed by atoms with Crippen LogP contribution in [-0.4, -0.2) is 18.0 Å². The fraction of sp³-hybridized carbons (Fsp3) is 0.0833. The summed E-state index contributed by atoms with van der Waals surface area (Å²) in [5.41, 5.74) is -0.381. The highest BCUT2D eigenvalue weighted by Crippen LogP contribution is 2.32. The summed E-state index contributed by atoms with van der Waals surface area (Å²) in [4.78, 5) is 21.4. The first kappa shape index (κ1) is 13.9. The van der Waals surface area contributed by atoms with Crippen LogP contribution in [0, 0.1) is 15.9 Å². The Morgan fingerprint density at radius 1 is 1.35 bits per heavy atom. The third-order valence-electron chi connectivity index (χ3n) is 2.35. The van der Waals surface area contributed by atoms with Gasteiger partial charge in [0, 0.05) is 6.07 Å². The zero-order chi connectivity index (χ0) is 14.7. The van der Waals surface area contributed by atoms with Crippen LogP contribution in [-0.2, 0) is 4.74 Å². The van der Waals surface area contributed by atoms with Gasteiger partial charge in [-0.1, -0.05) is 0 Å². The van der Waals surface area contributed by atoms with Crippen LogP contribution in [0.2, 0.25) is 0 Å². The standard InChI is InChI=1S/C12H8FNO5S/c1-18-12(15)11-10(4-5-20-11)19-9-3-2-7(14(16)17)6-8(9)13/h2-6H,1H3. The van der Waals surface area contributed by atoms with Crippen LogP contribution < -0.4 is 4.74 Å². The molecule has 6 nitrogen and oxygen atoms in total. The monoisotopic (exact) mass is 297 g/mol. The fourth-order valence-electron chi connectivity index (χ4n) is 1.42. The molecule has 0 bridgehead atoms. The molecule has 104 valence electrons. The van der Waals surface area contributed by atoms with Crippen LogP contribution in [0.3, 0.4) is 0 Å². The third kappa shape index (κ3) is 2.75. The summed E-state index contributed by atoms with van der Waals surface area (Å²) in [6.45, 7) is 0. The largest absolute Gasteiger partial charge is 0.465 e. The Morgan fingerprint density at radius 2 is 2.10 bits per heavy atom. The average Bonchev–Trinajstić information content (AvgIpc) is 2.88. The molecule has 1 aromatic heterocycles. The summed E-state index contributed by atoms with van der Waals surface area (Å²) < 4.78 is 23.5. The predicted octanol–water partition coefficient (Wildman–Crippen LogP) is 3.37. The molecular weight excluding hydrogens is 289 g/mol. The van der Waals surface area contributed by atoms with Crippen LogP contribution in [0.1, 0.15) is 9.67 Å². The van der Waals surface area contributed by atoms with E-state index in [1.165, 1.54) is 13.2 Å². The molecule has 0 aliphatic heterocycles. The number of benzene rings is 1. The number of nitro benzene ring substituents is 1. The van der Waals surface area contributed by atoms with Gasteiger partial charge in [0.05, 0.1) is 18.1 Å². The molecule has 0 saturated heterocycles. The Morgan fingerprint density at radius 3 is 2.70 bits per heavy atom. The van der Waals surface area contributed by atoms with Crippen molar-refractivity contribution in [2.45, 2.75) is 0 Å². The molecule has 0 aliphatic rings. The Balaban J connectivity index is 2.29. The first-order valence-corrected chi connectivity index (χ1v) is 6.18. The van der Waals surface area contributed by atoms with Crippen molar-refractivity contribution < 1.29 is 23.6 Å². The van der Waals surface area contributed by atoms with Crippen molar-refractivity contribution in [3.8, 4) is 11.5 Å². The highest BCUT2D eigenvalue weighted by Gasteiger charge is 2.18. The van der Waals surface area contributed by atoms with Gasteiger partial charge in [-0.25, -0.2) is 9.18 Å². The number of non-ortho nitro benzene ring substituents is 1. The van der Waals surface area contributed by atoms with E-state index < -0.39 is 16.7 Å². The van der Waals surface area contributed by atoms with Crippen LogP contribution in [0.5, 0.6) is 11.5 Å². The normalized spacial score (nSPS) is 10.1. The molecule has 0 saturated carbocycles. The lowest BCUT2D eigenvalue weighted by molar-refractivity contribution is -0.385. The number of halogens is 1. The summed E-state index contributed by atoms with van der Waals surface area (Å²) in [6.07, 6.45) is 0. The molecule has 0 spiro atoms. The molecule has 2 rings (SSSR count). The third-order valence-corrected chi connectivity index (χ3v) is 3.22. The van der Waals surface area contributed by atoms with Crippen LogP contribution in [0.4, 0.5) is 10.1 Å². The minimum atomic E-state index is -0.888. The quantitative estimate of drug-likeness (QED) is 0.491. The number of nitro groups is 1. The number of carbonyl (C=O) groups excluding carboxylic acids is 1. The van der Waals surface area contributed by atoms with Gasteiger partial charge in [-0.15, -0.1) is 11.3 Å². The van der Waals surface area contributed by atoms with Gasteiger partial charge in [-0.2, -0.15) is 0 Å². The topological polar surface area (TPSA) is 78.7 Å². The SMILES string of the molecule is COC(=O)c1sccc1Oc1ccc([N+](=O)[O-])cc1F. The molecule has 1 aromatic carbocycles. The van der Waals surface area contributed by atoms with Crippen molar-refractivity contribution in [2.24, 2.45) is 0 Å². The van der Waals surface area contributed by atoms with Gasteiger partial charge < -0.3 is 9.47 Å². The zero-order valence-corrected chi connectivity index (χ0v) is 11.0. The smallest absolute Gasteiger partial charge is 0.351 e. The molecule has 0 amide bonds. The lowest BCUT2D eigenvalue weighted by Crippen LogP contribution is -2.00. The molecule has 0 N–H and O–H groups in total. The average molecular weight is 297 g/mol. The summed E-state index contributed by atoms with van der Waals surface area (Å²) in [7, 11) is 1.22. The minimum absolute atomic E-state index is 0.134. The predicted molar refractivity (Wildman–Crippen MR) is 68.8 cm³/mol. The molecule has 20 heavy (non-hydrogen) atoms. The lowest BCUT2D eigenvalue weighted by Gasteiger charge is -2.06. The molecule has 0 fully saturated rings. The van der Waals surface area contributed by atoms with Crippen LogP contribution >= 0.6 is 11.3 Å². The number of hydrogen-bond acceptors (Lipinski definition) is 6. The summed E-state index contributed by atoms with van der Waals surface area (Å²) in [5, 5.41) is 12.1. The number of hydrogen-bond donors (Lipinski definition) is 0. The molecule has 2 aromatic rings. The van der Waals surface area contributed by atoms with Crippen molar-refractivity contribution in [1.82, 2.24) is 0 Å². The molecule has 0 atom stereocenters. The molecule has 1 heterocycles. The van der Waals surface area contributed by atoms with E-state index in [1.54, 1.807) is 5.38 Å². The van der Waals surface area contributed by atoms with Gasteiger partial charge in [0.25, 0.3) is 5.69 Å². The van der Waals surface area contributed by atoms with E-state index in [9.17, 15) is 19.3 Å². The molecule has 0 radical (unpaired) electrons. The fourth-order valence-corrected chi connectivity index (χ4v) is 2.16. The molecule has 0 unspecified atom stereocenters. The highest BCUT2D eigenvalue weighted by molar-refractivity contribution is 7.12. The summed E-state index contributed by atoms with van der Waals surface area (Å²) in [6, 6.07) is 4.48. The Kier molecular flexibility index (Phi) is 3.94. The Labute approximate surface area is 116 Å². The number of thiophene rings is 1. The number of methoxy groups -OCH3 is 1. The summed E-state index contributed by atoms with van der Waals surface area (Å²) in [5.74, 6) is -1.56. The molecule has 0 aliphatic carbocycles. The molecular formula is C12H8FNO5S. The Bertz CT molecular complexity index is 670. The lowest BCUT2D eigenvalue weighted by atomic mass is 10.3.